The summed E-state index contributed by atoms with van der Waals surface area (Å²) in [6.07, 6.45) is 1.41. The molecule has 0 saturated heterocycles. The van der Waals surface area contributed by atoms with E-state index < -0.39 is 0 Å². The van der Waals surface area contributed by atoms with Crippen molar-refractivity contribution in [1.29, 1.82) is 0 Å². The minimum absolute atomic E-state index is 0.279. The first kappa shape index (κ1) is 8.68. The van der Waals surface area contributed by atoms with E-state index in [-0.39, 0.29) is 5.82 Å². The highest BCUT2D eigenvalue weighted by atomic mass is 19.1. The Morgan fingerprint density at radius 1 is 1.43 bits per heavy atom. The van der Waals surface area contributed by atoms with Crippen LogP contribution in [0.15, 0.2) is 24.4 Å². The third-order valence-electron chi connectivity index (χ3n) is 1.90. The molecule has 0 amide bonds. The van der Waals surface area contributed by atoms with Gasteiger partial charge in [0.1, 0.15) is 5.82 Å². The molecule has 2 aromatic rings. The van der Waals surface area contributed by atoms with Crippen molar-refractivity contribution in [1.82, 2.24) is 15.0 Å². The van der Waals surface area contributed by atoms with E-state index in [9.17, 15) is 4.39 Å². The molecule has 0 aliphatic carbocycles. The molecule has 0 atom stereocenters. The second-order valence-electron chi connectivity index (χ2n) is 2.99. The minimum atomic E-state index is -0.279. The fourth-order valence-electron chi connectivity index (χ4n) is 1.11. The lowest BCUT2D eigenvalue weighted by molar-refractivity contribution is 0.613. The Kier molecular flexibility index (Phi) is 1.92. The Bertz CT molecular complexity index is 464. The number of aryl methyl sites for hydroxylation is 1. The van der Waals surface area contributed by atoms with Crippen LogP contribution >= 0.6 is 0 Å². The van der Waals surface area contributed by atoms with Crippen LogP contribution in [0, 0.1) is 12.7 Å². The quantitative estimate of drug-likeness (QED) is 0.740. The van der Waals surface area contributed by atoms with Crippen LogP contribution in [0.5, 0.6) is 0 Å². The van der Waals surface area contributed by atoms with E-state index in [0.717, 1.165) is 0 Å². The van der Waals surface area contributed by atoms with Crippen LogP contribution in [-0.2, 0) is 0 Å². The van der Waals surface area contributed by atoms with Gasteiger partial charge in [-0.2, -0.15) is 5.10 Å². The summed E-state index contributed by atoms with van der Waals surface area (Å²) in [6, 6.07) is 4.77. The third-order valence-corrected chi connectivity index (χ3v) is 1.90. The van der Waals surface area contributed by atoms with Gasteiger partial charge in [-0.25, -0.2) is 4.39 Å². The molecule has 1 heterocycles. The van der Waals surface area contributed by atoms with E-state index >= 15 is 0 Å². The summed E-state index contributed by atoms with van der Waals surface area (Å²) in [5, 5.41) is 7.74. The largest absolute Gasteiger partial charge is 0.381 e. The van der Waals surface area contributed by atoms with Gasteiger partial charge in [0.2, 0.25) is 0 Å². The summed E-state index contributed by atoms with van der Waals surface area (Å²) in [6.45, 7) is 1.70. The van der Waals surface area contributed by atoms with Crippen molar-refractivity contribution in [2.75, 3.05) is 5.73 Å². The summed E-state index contributed by atoms with van der Waals surface area (Å²) in [4.78, 5) is 1.29. The maximum Gasteiger partial charge on any atom is 0.166 e. The van der Waals surface area contributed by atoms with Crippen molar-refractivity contribution in [3.8, 4) is 5.69 Å². The molecule has 0 bridgehead atoms. The van der Waals surface area contributed by atoms with Crippen molar-refractivity contribution in [2.45, 2.75) is 6.92 Å². The zero-order chi connectivity index (χ0) is 10.1. The van der Waals surface area contributed by atoms with Crippen LogP contribution in [0.25, 0.3) is 5.69 Å². The van der Waals surface area contributed by atoms with E-state index in [0.29, 0.717) is 17.1 Å². The summed E-state index contributed by atoms with van der Waals surface area (Å²) in [5.74, 6) is 0.0318. The molecule has 1 aromatic heterocycles. The van der Waals surface area contributed by atoms with E-state index in [1.165, 1.54) is 17.1 Å². The van der Waals surface area contributed by atoms with Crippen molar-refractivity contribution < 1.29 is 4.39 Å². The normalized spacial score (nSPS) is 10.4. The van der Waals surface area contributed by atoms with Crippen LogP contribution < -0.4 is 5.73 Å². The van der Waals surface area contributed by atoms with Gasteiger partial charge in [-0.15, -0.1) is 9.90 Å². The maximum absolute atomic E-state index is 13.2. The number of hydrogen-bond acceptors (Lipinski definition) is 3. The number of nitrogen functional groups attached to an aromatic ring is 1. The SMILES string of the molecule is Cc1ccc(-n2ncc(N)n2)cc1F. The first-order valence-corrected chi connectivity index (χ1v) is 4.11. The highest BCUT2D eigenvalue weighted by Gasteiger charge is 2.03. The van der Waals surface area contributed by atoms with E-state index in [4.69, 9.17) is 5.73 Å². The molecule has 0 saturated carbocycles. The number of nitrogens with two attached hydrogens (primary N) is 1. The van der Waals surface area contributed by atoms with Gasteiger partial charge in [-0.3, -0.25) is 0 Å². The molecule has 14 heavy (non-hydrogen) atoms. The number of halogens is 1. The molecule has 0 radical (unpaired) electrons. The standard InChI is InChI=1S/C9H9FN4/c1-6-2-3-7(4-8(6)10)14-12-5-9(11)13-14/h2-5H,1H3,(H2,11,13). The summed E-state index contributed by atoms with van der Waals surface area (Å²) in [7, 11) is 0. The van der Waals surface area contributed by atoms with Crippen molar-refractivity contribution in [3.05, 3.63) is 35.8 Å². The summed E-state index contributed by atoms with van der Waals surface area (Å²) < 4.78 is 13.2. The molecule has 0 spiro atoms. The lowest BCUT2D eigenvalue weighted by Crippen LogP contribution is -2.00. The molecule has 5 heteroatoms. The first-order chi connectivity index (χ1) is 6.66. The van der Waals surface area contributed by atoms with Gasteiger partial charge in [-0.05, 0) is 18.6 Å². The number of aromatic nitrogens is 3. The summed E-state index contributed by atoms with van der Waals surface area (Å²) in [5.41, 5.74) is 6.55. The zero-order valence-corrected chi connectivity index (χ0v) is 7.61. The minimum Gasteiger partial charge on any atom is -0.381 e. The summed E-state index contributed by atoms with van der Waals surface area (Å²) >= 11 is 0. The Hall–Kier alpha value is -1.91. The van der Waals surface area contributed by atoms with Crippen molar-refractivity contribution in [3.63, 3.8) is 0 Å². The highest BCUT2D eigenvalue weighted by Crippen LogP contribution is 2.11. The lowest BCUT2D eigenvalue weighted by Gasteiger charge is -2.00. The maximum atomic E-state index is 13.2. The van der Waals surface area contributed by atoms with Gasteiger partial charge in [0.15, 0.2) is 5.82 Å². The molecule has 2 N–H and O–H groups in total. The number of benzene rings is 1. The van der Waals surface area contributed by atoms with Crippen LogP contribution in [-0.4, -0.2) is 15.0 Å². The molecule has 2 rings (SSSR count). The monoisotopic (exact) mass is 192 g/mol. The van der Waals surface area contributed by atoms with Gasteiger partial charge >= 0.3 is 0 Å². The molecule has 0 aliphatic rings. The topological polar surface area (TPSA) is 56.7 Å². The van der Waals surface area contributed by atoms with Gasteiger partial charge in [0.05, 0.1) is 11.9 Å². The predicted molar refractivity (Wildman–Crippen MR) is 50.5 cm³/mol. The van der Waals surface area contributed by atoms with Gasteiger partial charge < -0.3 is 5.73 Å². The Morgan fingerprint density at radius 2 is 2.21 bits per heavy atom. The molecule has 72 valence electrons. The van der Waals surface area contributed by atoms with E-state index in [1.807, 2.05) is 0 Å². The molecular weight excluding hydrogens is 183 g/mol. The number of rotatable bonds is 1. The fourth-order valence-corrected chi connectivity index (χ4v) is 1.11. The number of nitrogens with zero attached hydrogens (tertiary/aromatic N) is 3. The predicted octanol–water partition coefficient (Wildman–Crippen LogP) is 1.30. The highest BCUT2D eigenvalue weighted by molar-refractivity contribution is 5.34. The smallest absolute Gasteiger partial charge is 0.166 e. The van der Waals surface area contributed by atoms with Gasteiger partial charge in [-0.1, -0.05) is 6.07 Å². The molecule has 0 aliphatic heterocycles. The molecule has 0 unspecified atom stereocenters. The molecular formula is C9H9FN4. The average molecular weight is 192 g/mol. The fraction of sp³-hybridized carbons (Fsp3) is 0.111. The van der Waals surface area contributed by atoms with Crippen molar-refractivity contribution in [2.24, 2.45) is 0 Å². The van der Waals surface area contributed by atoms with Gasteiger partial charge in [0.25, 0.3) is 0 Å². The Morgan fingerprint density at radius 3 is 2.79 bits per heavy atom. The second kappa shape index (κ2) is 3.10. The van der Waals surface area contributed by atoms with Gasteiger partial charge in [0, 0.05) is 6.07 Å². The molecule has 0 fully saturated rings. The zero-order valence-electron chi connectivity index (χ0n) is 7.61. The Balaban J connectivity index is 2.47. The van der Waals surface area contributed by atoms with Crippen LogP contribution in [0.2, 0.25) is 0 Å². The Labute approximate surface area is 80.2 Å². The first-order valence-electron chi connectivity index (χ1n) is 4.11. The molecule has 4 nitrogen and oxygen atoms in total. The van der Waals surface area contributed by atoms with Crippen molar-refractivity contribution >= 4 is 5.82 Å². The average Bonchev–Trinajstić information content (AvgIpc) is 2.57. The second-order valence-corrected chi connectivity index (χ2v) is 2.99. The third kappa shape index (κ3) is 1.44. The molecule has 1 aromatic carbocycles. The number of hydrogen-bond donors (Lipinski definition) is 1. The van der Waals surface area contributed by atoms with Crippen LogP contribution in [0.4, 0.5) is 10.2 Å². The van der Waals surface area contributed by atoms with Crippen LogP contribution in [0.3, 0.4) is 0 Å². The van der Waals surface area contributed by atoms with Crippen LogP contribution in [0.1, 0.15) is 5.56 Å². The van der Waals surface area contributed by atoms with E-state index in [1.54, 1.807) is 19.1 Å². The van der Waals surface area contributed by atoms with E-state index in [2.05, 4.69) is 10.2 Å². The number of anilines is 1. The lowest BCUT2D eigenvalue weighted by atomic mass is 10.2.